The van der Waals surface area contributed by atoms with Gasteiger partial charge in [0, 0.05) is 72.3 Å². The van der Waals surface area contributed by atoms with Crippen molar-refractivity contribution in [2.45, 2.75) is 0 Å². The first-order valence-corrected chi connectivity index (χ1v) is 8.57. The molecule has 0 aromatic carbocycles. The van der Waals surface area contributed by atoms with E-state index in [2.05, 4.69) is 29.7 Å². The lowest BCUT2D eigenvalue weighted by Crippen LogP contribution is -2.32. The molecule has 0 radical (unpaired) electrons. The van der Waals surface area contributed by atoms with Crippen molar-refractivity contribution in [3.05, 3.63) is 98.1 Å². The van der Waals surface area contributed by atoms with Gasteiger partial charge in [-0.05, 0) is 48.5 Å². The van der Waals surface area contributed by atoms with Crippen molar-refractivity contribution in [2.75, 3.05) is 16.5 Å². The Balaban J connectivity index is 1.77. The lowest BCUT2D eigenvalue weighted by atomic mass is 10.2. The van der Waals surface area contributed by atoms with Gasteiger partial charge in [-0.3, -0.25) is 19.9 Å². The van der Waals surface area contributed by atoms with Crippen LogP contribution in [0, 0.1) is 0 Å². The molecule has 6 nitrogen and oxygen atoms in total. The number of rotatable bonds is 6. The lowest BCUT2D eigenvalue weighted by Gasteiger charge is -2.33. The topological polar surface area (TPSA) is 58.0 Å². The Kier molecular flexibility index (Phi) is 4.97. The highest BCUT2D eigenvalue weighted by atomic mass is 15.3. The molecule has 4 aromatic heterocycles. The molecule has 4 aromatic rings. The van der Waals surface area contributed by atoms with Gasteiger partial charge >= 0.3 is 0 Å². The summed E-state index contributed by atoms with van der Waals surface area (Å²) in [5.41, 5.74) is 4.18. The highest BCUT2D eigenvalue weighted by Crippen LogP contribution is 2.30. The minimum Gasteiger partial charge on any atom is -0.323 e. The summed E-state index contributed by atoms with van der Waals surface area (Å²) in [5.74, 6) is 0. The summed E-state index contributed by atoms with van der Waals surface area (Å²) < 4.78 is 0. The molecular weight excluding hydrogens is 336 g/mol. The fourth-order valence-corrected chi connectivity index (χ4v) is 2.86. The summed E-state index contributed by atoms with van der Waals surface area (Å²) in [6.45, 7) is 0.599. The van der Waals surface area contributed by atoms with Crippen LogP contribution in [0.2, 0.25) is 0 Å². The van der Waals surface area contributed by atoms with Gasteiger partial charge in [0.1, 0.15) is 0 Å². The largest absolute Gasteiger partial charge is 0.323 e. The average molecular weight is 354 g/mol. The molecule has 0 spiro atoms. The molecule has 0 saturated carbocycles. The number of hydrogen-bond donors (Lipinski definition) is 0. The normalized spacial score (nSPS) is 10.4. The number of aromatic nitrogens is 4. The Bertz CT molecular complexity index is 789. The molecule has 0 saturated heterocycles. The molecule has 27 heavy (non-hydrogen) atoms. The molecule has 6 heteroatoms. The van der Waals surface area contributed by atoms with Crippen LogP contribution in [0.4, 0.5) is 22.7 Å². The van der Waals surface area contributed by atoms with Crippen LogP contribution in [-0.4, -0.2) is 26.6 Å². The second kappa shape index (κ2) is 8.05. The zero-order valence-corrected chi connectivity index (χ0v) is 14.6. The van der Waals surface area contributed by atoms with Gasteiger partial charge in [0.2, 0.25) is 0 Å². The maximum atomic E-state index is 4.15. The Labute approximate surface area is 157 Å². The van der Waals surface area contributed by atoms with Crippen LogP contribution < -0.4 is 9.80 Å². The number of anilines is 4. The third-order valence-electron chi connectivity index (χ3n) is 4.18. The third-order valence-corrected chi connectivity index (χ3v) is 4.18. The molecule has 0 N–H and O–H groups in total. The van der Waals surface area contributed by atoms with Gasteiger partial charge in [-0.15, -0.1) is 0 Å². The standard InChI is InChI=1S/C21H18N6/c1-9-22-10-2-18(1)26(19-3-11-23-12-4-19)17-27(20-5-13-24-14-6-20)21-7-15-25-16-8-21/h1-16H,17H2. The molecule has 0 fully saturated rings. The van der Waals surface area contributed by atoms with Crippen LogP contribution in [0.25, 0.3) is 0 Å². The molecule has 132 valence electrons. The van der Waals surface area contributed by atoms with Crippen molar-refractivity contribution in [3.8, 4) is 0 Å². The van der Waals surface area contributed by atoms with E-state index < -0.39 is 0 Å². The van der Waals surface area contributed by atoms with E-state index >= 15 is 0 Å². The van der Waals surface area contributed by atoms with Gasteiger partial charge in [-0.2, -0.15) is 0 Å². The van der Waals surface area contributed by atoms with Gasteiger partial charge < -0.3 is 9.80 Å². The SMILES string of the molecule is c1cc(N(CN(c2ccncc2)c2ccncc2)c2ccncc2)ccn1. The minimum absolute atomic E-state index is 0.599. The van der Waals surface area contributed by atoms with Gasteiger partial charge in [-0.25, -0.2) is 0 Å². The van der Waals surface area contributed by atoms with Crippen LogP contribution in [0.5, 0.6) is 0 Å². The Morgan fingerprint density at radius 3 is 0.852 bits per heavy atom. The van der Waals surface area contributed by atoms with E-state index in [4.69, 9.17) is 0 Å². The summed E-state index contributed by atoms with van der Waals surface area (Å²) in [6.07, 6.45) is 14.4. The maximum absolute atomic E-state index is 4.15. The predicted molar refractivity (Wildman–Crippen MR) is 106 cm³/mol. The summed E-state index contributed by atoms with van der Waals surface area (Å²) in [7, 11) is 0. The van der Waals surface area contributed by atoms with E-state index in [1.165, 1.54) is 0 Å². The van der Waals surface area contributed by atoms with E-state index in [9.17, 15) is 0 Å². The first-order valence-electron chi connectivity index (χ1n) is 8.57. The smallest absolute Gasteiger partial charge is 0.1000 e. The highest BCUT2D eigenvalue weighted by Gasteiger charge is 2.16. The molecule has 4 rings (SSSR count). The van der Waals surface area contributed by atoms with Gasteiger partial charge in [-0.1, -0.05) is 0 Å². The quantitative estimate of drug-likeness (QED) is 0.484. The third kappa shape index (κ3) is 3.90. The van der Waals surface area contributed by atoms with E-state index in [0.717, 1.165) is 22.7 Å². The van der Waals surface area contributed by atoms with Crippen molar-refractivity contribution in [1.29, 1.82) is 0 Å². The van der Waals surface area contributed by atoms with Crippen LogP contribution in [-0.2, 0) is 0 Å². The summed E-state index contributed by atoms with van der Waals surface area (Å²) in [4.78, 5) is 21.0. The Hall–Kier alpha value is -3.80. The molecule has 0 aliphatic carbocycles. The van der Waals surface area contributed by atoms with Crippen LogP contribution in [0.1, 0.15) is 0 Å². The van der Waals surface area contributed by atoms with E-state index in [0.29, 0.717) is 6.67 Å². The fraction of sp³-hybridized carbons (Fsp3) is 0.0476. The second-order valence-electron chi connectivity index (χ2n) is 5.82. The van der Waals surface area contributed by atoms with Crippen molar-refractivity contribution in [3.63, 3.8) is 0 Å². The molecule has 0 bridgehead atoms. The number of hydrogen-bond acceptors (Lipinski definition) is 6. The van der Waals surface area contributed by atoms with Crippen molar-refractivity contribution < 1.29 is 0 Å². The van der Waals surface area contributed by atoms with Crippen molar-refractivity contribution in [2.24, 2.45) is 0 Å². The first kappa shape index (κ1) is 16.7. The monoisotopic (exact) mass is 354 g/mol. The van der Waals surface area contributed by atoms with Gasteiger partial charge in [0.05, 0.1) is 6.67 Å². The van der Waals surface area contributed by atoms with E-state index in [-0.39, 0.29) is 0 Å². The summed E-state index contributed by atoms with van der Waals surface area (Å²) in [5, 5.41) is 0. The van der Waals surface area contributed by atoms with Gasteiger partial charge in [0.25, 0.3) is 0 Å². The molecule has 0 aliphatic heterocycles. The zero-order valence-electron chi connectivity index (χ0n) is 14.6. The van der Waals surface area contributed by atoms with Gasteiger partial charge in [0.15, 0.2) is 0 Å². The Morgan fingerprint density at radius 2 is 0.630 bits per heavy atom. The maximum Gasteiger partial charge on any atom is 0.1000 e. The predicted octanol–water partition coefficient (Wildman–Crippen LogP) is 4.20. The first-order chi connectivity index (χ1) is 13.4. The molecule has 0 amide bonds. The molecule has 0 unspecified atom stereocenters. The number of pyridine rings is 4. The zero-order chi connectivity index (χ0) is 18.3. The summed E-state index contributed by atoms with van der Waals surface area (Å²) >= 11 is 0. The summed E-state index contributed by atoms with van der Waals surface area (Å²) in [6, 6.07) is 16.0. The lowest BCUT2D eigenvalue weighted by molar-refractivity contribution is 0.919. The van der Waals surface area contributed by atoms with Crippen molar-refractivity contribution in [1.82, 2.24) is 19.9 Å². The minimum atomic E-state index is 0.599. The average Bonchev–Trinajstić information content (AvgIpc) is 2.77. The van der Waals surface area contributed by atoms with Crippen molar-refractivity contribution >= 4 is 22.7 Å². The van der Waals surface area contributed by atoms with Crippen LogP contribution in [0.3, 0.4) is 0 Å². The van der Waals surface area contributed by atoms with E-state index in [1.54, 1.807) is 49.6 Å². The molecule has 0 atom stereocenters. The molecule has 0 aliphatic rings. The fourth-order valence-electron chi connectivity index (χ4n) is 2.86. The molecular formula is C21H18N6. The number of nitrogens with zero attached hydrogens (tertiary/aromatic N) is 6. The Morgan fingerprint density at radius 1 is 0.407 bits per heavy atom. The second-order valence-corrected chi connectivity index (χ2v) is 5.82. The van der Waals surface area contributed by atoms with Crippen LogP contribution in [0.15, 0.2) is 98.1 Å². The molecule has 4 heterocycles. The van der Waals surface area contributed by atoms with Crippen LogP contribution >= 0.6 is 0 Å². The highest BCUT2D eigenvalue weighted by molar-refractivity contribution is 5.68. The van der Waals surface area contributed by atoms with E-state index in [1.807, 2.05) is 48.5 Å².